The molecule has 1 aliphatic heterocycles. The first-order chi connectivity index (χ1) is 5.67. The van der Waals surface area contributed by atoms with Crippen LogP contribution in [0.5, 0.6) is 0 Å². The van der Waals surface area contributed by atoms with Gasteiger partial charge in [-0.25, -0.2) is 8.42 Å². The topological polar surface area (TPSA) is 46.2 Å². The zero-order chi connectivity index (χ0) is 9.03. The predicted octanol–water partition coefficient (Wildman–Crippen LogP) is 0.563. The molecular formula is C8H17NO2S. The fourth-order valence-corrected chi connectivity index (χ4v) is 2.92. The summed E-state index contributed by atoms with van der Waals surface area (Å²) >= 11 is 0. The van der Waals surface area contributed by atoms with E-state index < -0.39 is 9.84 Å². The molecule has 0 saturated carbocycles. The molecule has 0 amide bonds. The van der Waals surface area contributed by atoms with Gasteiger partial charge in [-0.1, -0.05) is 19.8 Å². The van der Waals surface area contributed by atoms with Gasteiger partial charge in [-0.2, -0.15) is 0 Å². The highest BCUT2D eigenvalue weighted by Crippen LogP contribution is 2.10. The lowest BCUT2D eigenvalue weighted by Gasteiger charge is -2.26. The van der Waals surface area contributed by atoms with Crippen LogP contribution in [0.2, 0.25) is 0 Å². The summed E-state index contributed by atoms with van der Waals surface area (Å²) in [7, 11) is -2.76. The maximum absolute atomic E-state index is 11.4. The average Bonchev–Trinajstić information content (AvgIpc) is 1.82. The van der Waals surface area contributed by atoms with E-state index in [2.05, 4.69) is 12.2 Å². The third-order valence-electron chi connectivity index (χ3n) is 2.28. The zero-order valence-electron chi connectivity index (χ0n) is 7.54. The summed E-state index contributed by atoms with van der Waals surface area (Å²) in [5.74, 6) is 0.382. The molecule has 3 nitrogen and oxygen atoms in total. The van der Waals surface area contributed by atoms with E-state index in [-0.39, 0.29) is 5.25 Å². The molecular weight excluding hydrogens is 174 g/mol. The third kappa shape index (κ3) is 2.45. The zero-order valence-corrected chi connectivity index (χ0v) is 8.36. The molecule has 0 aliphatic carbocycles. The molecule has 0 bridgehead atoms. The molecule has 4 heteroatoms. The van der Waals surface area contributed by atoms with Crippen molar-refractivity contribution < 1.29 is 8.42 Å². The molecule has 0 radical (unpaired) electrons. The summed E-state index contributed by atoms with van der Waals surface area (Å²) in [6.45, 7) is 3.40. The number of unbranched alkanes of at least 4 members (excludes halogenated alkanes) is 2. The summed E-state index contributed by atoms with van der Waals surface area (Å²) < 4.78 is 22.9. The summed E-state index contributed by atoms with van der Waals surface area (Å²) in [5, 5.41) is 2.89. The number of rotatable bonds is 5. The van der Waals surface area contributed by atoms with Crippen molar-refractivity contribution in [2.24, 2.45) is 0 Å². The molecule has 72 valence electrons. The fourth-order valence-electron chi connectivity index (χ4n) is 1.24. The lowest BCUT2D eigenvalue weighted by molar-refractivity contribution is 0.493. The molecule has 0 aromatic carbocycles. The van der Waals surface area contributed by atoms with Crippen LogP contribution >= 0.6 is 0 Å². The Balaban J connectivity index is 2.28. The van der Waals surface area contributed by atoms with Gasteiger partial charge >= 0.3 is 0 Å². The van der Waals surface area contributed by atoms with Crippen LogP contribution in [0.25, 0.3) is 0 Å². The van der Waals surface area contributed by atoms with Crippen LogP contribution in [-0.4, -0.2) is 32.5 Å². The quantitative estimate of drug-likeness (QED) is 0.646. The van der Waals surface area contributed by atoms with Crippen LogP contribution in [-0.2, 0) is 9.84 Å². The van der Waals surface area contributed by atoms with Crippen LogP contribution in [0.1, 0.15) is 26.2 Å². The number of hydrogen-bond acceptors (Lipinski definition) is 3. The standard InChI is InChI=1S/C8H17NO2S/c1-2-3-4-5-12(10,11)8-6-9-7-8/h8-9H,2-7H2,1H3. The van der Waals surface area contributed by atoms with Gasteiger partial charge in [0.1, 0.15) is 0 Å². The van der Waals surface area contributed by atoms with E-state index in [4.69, 9.17) is 0 Å². The molecule has 1 rings (SSSR count). The Morgan fingerprint density at radius 2 is 2.00 bits per heavy atom. The number of nitrogens with one attached hydrogen (secondary N) is 1. The maximum Gasteiger partial charge on any atom is 0.155 e. The number of hydrogen-bond donors (Lipinski definition) is 1. The van der Waals surface area contributed by atoms with E-state index in [1.807, 2.05) is 0 Å². The molecule has 1 aliphatic rings. The summed E-state index contributed by atoms with van der Waals surface area (Å²) in [6, 6.07) is 0. The molecule has 12 heavy (non-hydrogen) atoms. The van der Waals surface area contributed by atoms with E-state index in [1.54, 1.807) is 0 Å². The van der Waals surface area contributed by atoms with Crippen molar-refractivity contribution in [1.29, 1.82) is 0 Å². The molecule has 0 aromatic heterocycles. The van der Waals surface area contributed by atoms with Crippen molar-refractivity contribution in [3.63, 3.8) is 0 Å². The van der Waals surface area contributed by atoms with Gasteiger partial charge in [-0.05, 0) is 6.42 Å². The van der Waals surface area contributed by atoms with Gasteiger partial charge in [0.05, 0.1) is 11.0 Å². The lowest BCUT2D eigenvalue weighted by Crippen LogP contribution is -2.52. The van der Waals surface area contributed by atoms with Gasteiger partial charge in [-0.3, -0.25) is 0 Å². The molecule has 1 saturated heterocycles. The Hall–Kier alpha value is -0.0900. The Morgan fingerprint density at radius 1 is 1.33 bits per heavy atom. The summed E-state index contributed by atoms with van der Waals surface area (Å²) in [5.41, 5.74) is 0. The first kappa shape index (κ1) is 9.99. The highest BCUT2D eigenvalue weighted by Gasteiger charge is 2.29. The van der Waals surface area contributed by atoms with Crippen LogP contribution in [0.15, 0.2) is 0 Å². The summed E-state index contributed by atoms with van der Waals surface area (Å²) in [6.07, 6.45) is 2.94. The van der Waals surface area contributed by atoms with Gasteiger partial charge in [-0.15, -0.1) is 0 Å². The van der Waals surface area contributed by atoms with E-state index in [0.717, 1.165) is 19.3 Å². The Morgan fingerprint density at radius 3 is 2.42 bits per heavy atom. The van der Waals surface area contributed by atoms with Crippen LogP contribution in [0.4, 0.5) is 0 Å². The Labute approximate surface area is 74.5 Å². The maximum atomic E-state index is 11.4. The van der Waals surface area contributed by atoms with Gasteiger partial charge in [0.25, 0.3) is 0 Å². The number of sulfone groups is 1. The lowest BCUT2D eigenvalue weighted by atomic mass is 10.3. The molecule has 1 fully saturated rings. The fraction of sp³-hybridized carbons (Fsp3) is 1.00. The highest BCUT2D eigenvalue weighted by atomic mass is 32.2. The van der Waals surface area contributed by atoms with E-state index >= 15 is 0 Å². The van der Waals surface area contributed by atoms with Crippen LogP contribution < -0.4 is 5.32 Å². The first-order valence-electron chi connectivity index (χ1n) is 4.59. The SMILES string of the molecule is CCCCCS(=O)(=O)C1CNC1. The van der Waals surface area contributed by atoms with Crippen molar-refractivity contribution >= 4 is 9.84 Å². The van der Waals surface area contributed by atoms with Crippen molar-refractivity contribution in [2.75, 3.05) is 18.8 Å². The molecule has 0 atom stereocenters. The minimum atomic E-state index is -2.76. The van der Waals surface area contributed by atoms with E-state index in [0.29, 0.717) is 18.8 Å². The van der Waals surface area contributed by atoms with Crippen molar-refractivity contribution in [3.05, 3.63) is 0 Å². The average molecular weight is 191 g/mol. The molecule has 0 spiro atoms. The molecule has 0 aromatic rings. The summed E-state index contributed by atoms with van der Waals surface area (Å²) in [4.78, 5) is 0. The van der Waals surface area contributed by atoms with Gasteiger partial charge in [0, 0.05) is 13.1 Å². The molecule has 1 N–H and O–H groups in total. The second-order valence-electron chi connectivity index (χ2n) is 3.35. The third-order valence-corrected chi connectivity index (χ3v) is 4.49. The minimum absolute atomic E-state index is 0.0886. The smallest absolute Gasteiger partial charge is 0.155 e. The first-order valence-corrected chi connectivity index (χ1v) is 6.30. The van der Waals surface area contributed by atoms with Crippen LogP contribution in [0.3, 0.4) is 0 Å². The van der Waals surface area contributed by atoms with Crippen molar-refractivity contribution in [1.82, 2.24) is 5.32 Å². The minimum Gasteiger partial charge on any atom is -0.314 e. The molecule has 1 heterocycles. The van der Waals surface area contributed by atoms with E-state index in [9.17, 15) is 8.42 Å². The predicted molar refractivity (Wildman–Crippen MR) is 50.0 cm³/mol. The second-order valence-corrected chi connectivity index (χ2v) is 5.75. The largest absolute Gasteiger partial charge is 0.314 e. The van der Waals surface area contributed by atoms with Gasteiger partial charge in [0.15, 0.2) is 9.84 Å². The second kappa shape index (κ2) is 4.23. The Bertz CT molecular complexity index is 219. The van der Waals surface area contributed by atoms with Gasteiger partial charge in [0.2, 0.25) is 0 Å². The van der Waals surface area contributed by atoms with Crippen LogP contribution in [0, 0.1) is 0 Å². The highest BCUT2D eigenvalue weighted by molar-refractivity contribution is 7.92. The van der Waals surface area contributed by atoms with E-state index in [1.165, 1.54) is 0 Å². The van der Waals surface area contributed by atoms with Crippen molar-refractivity contribution in [3.8, 4) is 0 Å². The van der Waals surface area contributed by atoms with Gasteiger partial charge < -0.3 is 5.32 Å². The normalized spacial score (nSPS) is 19.1. The molecule has 0 unspecified atom stereocenters. The Kier molecular flexibility index (Phi) is 3.53. The van der Waals surface area contributed by atoms with Crippen molar-refractivity contribution in [2.45, 2.75) is 31.4 Å². The monoisotopic (exact) mass is 191 g/mol.